The molecule has 2 atom stereocenters. The van der Waals surface area contributed by atoms with Gasteiger partial charge in [-0.1, -0.05) is 12.8 Å². The predicted molar refractivity (Wildman–Crippen MR) is 50.2 cm³/mol. The second-order valence-corrected chi connectivity index (χ2v) is 5.56. The van der Waals surface area contributed by atoms with Crippen LogP contribution < -0.4 is 5.14 Å². The lowest BCUT2D eigenvalue weighted by Crippen LogP contribution is -2.42. The second kappa shape index (κ2) is 3.22. The highest BCUT2D eigenvalue weighted by molar-refractivity contribution is 7.86. The van der Waals surface area contributed by atoms with Crippen molar-refractivity contribution >= 4 is 10.2 Å². The van der Waals surface area contributed by atoms with Gasteiger partial charge in [-0.05, 0) is 25.2 Å². The average molecular weight is 204 g/mol. The molecule has 2 fully saturated rings. The van der Waals surface area contributed by atoms with Crippen molar-refractivity contribution in [3.63, 3.8) is 0 Å². The van der Waals surface area contributed by atoms with Gasteiger partial charge in [-0.25, -0.2) is 5.14 Å². The van der Waals surface area contributed by atoms with Gasteiger partial charge in [0.05, 0.1) is 0 Å². The molecule has 2 aliphatic rings. The molecule has 5 heteroatoms. The molecule has 0 amide bonds. The van der Waals surface area contributed by atoms with Crippen LogP contribution in [0.2, 0.25) is 0 Å². The summed E-state index contributed by atoms with van der Waals surface area (Å²) >= 11 is 0. The van der Waals surface area contributed by atoms with Crippen molar-refractivity contribution < 1.29 is 8.42 Å². The fourth-order valence-corrected chi connectivity index (χ4v) is 3.69. The molecular weight excluding hydrogens is 188 g/mol. The Morgan fingerprint density at radius 3 is 2.54 bits per heavy atom. The summed E-state index contributed by atoms with van der Waals surface area (Å²) in [6.07, 6.45) is 5.58. The van der Waals surface area contributed by atoms with Crippen LogP contribution in [0.1, 0.15) is 32.1 Å². The van der Waals surface area contributed by atoms with E-state index in [4.69, 9.17) is 5.14 Å². The van der Waals surface area contributed by atoms with Crippen molar-refractivity contribution in [3.05, 3.63) is 0 Å². The molecule has 2 rings (SSSR count). The molecule has 13 heavy (non-hydrogen) atoms. The number of fused-ring (bicyclic) bond motifs is 1. The quantitative estimate of drug-likeness (QED) is 0.674. The van der Waals surface area contributed by atoms with Crippen molar-refractivity contribution in [1.82, 2.24) is 4.31 Å². The molecule has 0 radical (unpaired) electrons. The van der Waals surface area contributed by atoms with Crippen LogP contribution in [0.15, 0.2) is 0 Å². The van der Waals surface area contributed by atoms with Gasteiger partial charge in [-0.3, -0.25) is 0 Å². The van der Waals surface area contributed by atoms with Crippen LogP contribution in [0.25, 0.3) is 0 Å². The first kappa shape index (κ1) is 9.43. The molecule has 4 nitrogen and oxygen atoms in total. The van der Waals surface area contributed by atoms with E-state index in [1.54, 1.807) is 0 Å². The van der Waals surface area contributed by atoms with Gasteiger partial charge in [-0.15, -0.1) is 0 Å². The molecule has 1 aliphatic heterocycles. The Hall–Kier alpha value is -0.130. The molecule has 1 saturated heterocycles. The van der Waals surface area contributed by atoms with Crippen LogP contribution in [0.4, 0.5) is 0 Å². The van der Waals surface area contributed by atoms with Crippen LogP contribution in [0.3, 0.4) is 0 Å². The van der Waals surface area contributed by atoms with E-state index < -0.39 is 10.2 Å². The molecule has 0 bridgehead atoms. The monoisotopic (exact) mass is 204 g/mol. The fraction of sp³-hybridized carbons (Fsp3) is 1.00. The third kappa shape index (κ3) is 1.73. The molecule has 0 spiro atoms. The van der Waals surface area contributed by atoms with Gasteiger partial charge in [0, 0.05) is 12.6 Å². The van der Waals surface area contributed by atoms with Crippen LogP contribution >= 0.6 is 0 Å². The highest BCUT2D eigenvalue weighted by Gasteiger charge is 2.40. The van der Waals surface area contributed by atoms with E-state index in [0.717, 1.165) is 19.3 Å². The summed E-state index contributed by atoms with van der Waals surface area (Å²) < 4.78 is 23.9. The average Bonchev–Trinajstić information content (AvgIpc) is 2.45. The standard InChI is InChI=1S/C8H16N2O2S/c9-13(11,12)10-6-5-7-3-1-2-4-8(7)10/h7-8H,1-6H2,(H2,9,11,12). The van der Waals surface area contributed by atoms with Gasteiger partial charge in [0.15, 0.2) is 0 Å². The van der Waals surface area contributed by atoms with Gasteiger partial charge in [0.1, 0.15) is 0 Å². The molecule has 76 valence electrons. The minimum Gasteiger partial charge on any atom is -0.216 e. The van der Waals surface area contributed by atoms with E-state index in [0.29, 0.717) is 12.5 Å². The first-order valence-electron chi connectivity index (χ1n) is 4.88. The first-order valence-corrected chi connectivity index (χ1v) is 6.39. The fourth-order valence-electron chi connectivity index (χ4n) is 2.68. The summed E-state index contributed by atoms with van der Waals surface area (Å²) in [5.74, 6) is 0.576. The van der Waals surface area contributed by atoms with Crippen LogP contribution in [-0.4, -0.2) is 25.3 Å². The Bertz CT molecular complexity index is 289. The van der Waals surface area contributed by atoms with Gasteiger partial charge in [0.25, 0.3) is 10.2 Å². The first-order chi connectivity index (χ1) is 6.09. The van der Waals surface area contributed by atoms with E-state index in [2.05, 4.69) is 0 Å². The highest BCUT2D eigenvalue weighted by atomic mass is 32.2. The molecular formula is C8H16N2O2S. The Morgan fingerprint density at radius 2 is 1.85 bits per heavy atom. The second-order valence-electron chi connectivity index (χ2n) is 4.06. The van der Waals surface area contributed by atoms with Gasteiger partial charge in [-0.2, -0.15) is 12.7 Å². The Kier molecular flexibility index (Phi) is 2.33. The minimum absolute atomic E-state index is 0.212. The SMILES string of the molecule is NS(=O)(=O)N1CCC2CCCCC21. The van der Waals surface area contributed by atoms with Crippen molar-refractivity contribution in [2.45, 2.75) is 38.1 Å². The number of nitrogens with two attached hydrogens (primary N) is 1. The van der Waals surface area contributed by atoms with Gasteiger partial charge in [0.2, 0.25) is 0 Å². The van der Waals surface area contributed by atoms with Crippen LogP contribution in [0, 0.1) is 5.92 Å². The minimum atomic E-state index is -3.44. The summed E-state index contributed by atoms with van der Waals surface area (Å²) in [5, 5.41) is 5.15. The van der Waals surface area contributed by atoms with Crippen molar-refractivity contribution in [2.75, 3.05) is 6.54 Å². The van der Waals surface area contributed by atoms with E-state index >= 15 is 0 Å². The van der Waals surface area contributed by atoms with Crippen molar-refractivity contribution in [1.29, 1.82) is 0 Å². The maximum Gasteiger partial charge on any atom is 0.277 e. The normalized spacial score (nSPS) is 36.1. The maximum absolute atomic E-state index is 11.2. The van der Waals surface area contributed by atoms with Crippen LogP contribution in [-0.2, 0) is 10.2 Å². The van der Waals surface area contributed by atoms with E-state index in [-0.39, 0.29) is 6.04 Å². The highest BCUT2D eigenvalue weighted by Crippen LogP contribution is 2.36. The number of hydrogen-bond donors (Lipinski definition) is 1. The molecule has 0 aromatic heterocycles. The molecule has 1 saturated carbocycles. The molecule has 2 unspecified atom stereocenters. The Balaban J connectivity index is 2.16. The van der Waals surface area contributed by atoms with E-state index in [9.17, 15) is 8.42 Å². The third-order valence-electron chi connectivity index (χ3n) is 3.29. The Morgan fingerprint density at radius 1 is 1.15 bits per heavy atom. The molecule has 1 aliphatic carbocycles. The van der Waals surface area contributed by atoms with E-state index in [1.807, 2.05) is 0 Å². The summed E-state index contributed by atoms with van der Waals surface area (Å²) in [5.41, 5.74) is 0. The predicted octanol–water partition coefficient (Wildman–Crippen LogP) is 0.454. The number of nitrogens with zero attached hydrogens (tertiary/aromatic N) is 1. The largest absolute Gasteiger partial charge is 0.277 e. The lowest BCUT2D eigenvalue weighted by atomic mass is 9.86. The molecule has 0 aromatic rings. The summed E-state index contributed by atoms with van der Waals surface area (Å²) in [6, 6.07) is 0.212. The zero-order valence-electron chi connectivity index (χ0n) is 7.65. The summed E-state index contributed by atoms with van der Waals surface area (Å²) in [4.78, 5) is 0. The molecule has 2 N–H and O–H groups in total. The lowest BCUT2D eigenvalue weighted by molar-refractivity contribution is 0.260. The molecule has 0 aromatic carbocycles. The number of rotatable bonds is 1. The topological polar surface area (TPSA) is 63.4 Å². The smallest absolute Gasteiger partial charge is 0.216 e. The third-order valence-corrected chi connectivity index (χ3v) is 4.39. The zero-order chi connectivity index (χ0) is 9.47. The van der Waals surface area contributed by atoms with Crippen LogP contribution in [0.5, 0.6) is 0 Å². The van der Waals surface area contributed by atoms with E-state index in [1.165, 1.54) is 17.1 Å². The summed E-state index contributed by atoms with van der Waals surface area (Å²) in [6.45, 7) is 0.633. The van der Waals surface area contributed by atoms with Gasteiger partial charge < -0.3 is 0 Å². The van der Waals surface area contributed by atoms with Gasteiger partial charge >= 0.3 is 0 Å². The Labute approximate surface area is 79.3 Å². The zero-order valence-corrected chi connectivity index (χ0v) is 8.46. The lowest BCUT2D eigenvalue weighted by Gasteiger charge is -2.29. The number of hydrogen-bond acceptors (Lipinski definition) is 2. The van der Waals surface area contributed by atoms with Crippen molar-refractivity contribution in [3.8, 4) is 0 Å². The van der Waals surface area contributed by atoms with Crippen molar-refractivity contribution in [2.24, 2.45) is 11.1 Å². The maximum atomic E-state index is 11.2. The molecule has 1 heterocycles. The summed E-state index contributed by atoms with van der Waals surface area (Å²) in [7, 11) is -3.44.